The maximum absolute atomic E-state index is 13.3. The molecule has 1 aromatic heterocycles. The van der Waals surface area contributed by atoms with Crippen molar-refractivity contribution in [2.45, 2.75) is 26.7 Å². The van der Waals surface area contributed by atoms with Gasteiger partial charge in [-0.2, -0.15) is 5.10 Å². The molecule has 0 bridgehead atoms. The minimum Gasteiger partial charge on any atom is -0.384 e. The molecule has 4 heteroatoms. The first-order chi connectivity index (χ1) is 8.54. The number of nitrogen functional groups attached to an aromatic ring is 1. The van der Waals surface area contributed by atoms with Crippen LogP contribution in [0.15, 0.2) is 18.2 Å². The Kier molecular flexibility index (Phi) is 3.36. The van der Waals surface area contributed by atoms with E-state index in [0.29, 0.717) is 11.4 Å². The highest BCUT2D eigenvalue weighted by molar-refractivity contribution is 5.69. The van der Waals surface area contributed by atoms with Crippen molar-refractivity contribution in [3.63, 3.8) is 0 Å². The van der Waals surface area contributed by atoms with Gasteiger partial charge in [-0.25, -0.2) is 4.39 Å². The molecule has 18 heavy (non-hydrogen) atoms. The van der Waals surface area contributed by atoms with E-state index >= 15 is 0 Å². The van der Waals surface area contributed by atoms with Gasteiger partial charge in [0.2, 0.25) is 0 Å². The van der Waals surface area contributed by atoms with Crippen molar-refractivity contribution in [2.75, 3.05) is 5.73 Å². The Morgan fingerprint density at radius 1 is 1.39 bits per heavy atom. The molecule has 3 nitrogen and oxygen atoms in total. The summed E-state index contributed by atoms with van der Waals surface area (Å²) < 4.78 is 15.0. The van der Waals surface area contributed by atoms with Crippen LogP contribution in [0, 0.1) is 12.7 Å². The highest BCUT2D eigenvalue weighted by atomic mass is 19.1. The van der Waals surface area contributed by atoms with Crippen LogP contribution >= 0.6 is 0 Å². The highest BCUT2D eigenvalue weighted by Gasteiger charge is 2.15. The molecule has 0 fully saturated rings. The number of halogens is 1. The summed E-state index contributed by atoms with van der Waals surface area (Å²) in [6.45, 7) is 3.86. The number of nitrogens with two attached hydrogens (primary N) is 1. The molecule has 0 spiro atoms. The Labute approximate surface area is 106 Å². The van der Waals surface area contributed by atoms with E-state index in [2.05, 4.69) is 12.0 Å². The van der Waals surface area contributed by atoms with Crippen LogP contribution in [0.25, 0.3) is 11.3 Å². The second kappa shape index (κ2) is 4.80. The van der Waals surface area contributed by atoms with Gasteiger partial charge in [0.05, 0.1) is 5.69 Å². The molecule has 0 radical (unpaired) electrons. The van der Waals surface area contributed by atoms with Crippen molar-refractivity contribution in [3.05, 3.63) is 35.1 Å². The van der Waals surface area contributed by atoms with Crippen LogP contribution in [-0.4, -0.2) is 9.78 Å². The van der Waals surface area contributed by atoms with Crippen LogP contribution < -0.4 is 5.73 Å². The summed E-state index contributed by atoms with van der Waals surface area (Å²) in [6, 6.07) is 5.05. The second-order valence-corrected chi connectivity index (χ2v) is 4.55. The molecule has 96 valence electrons. The molecule has 0 aliphatic rings. The Morgan fingerprint density at radius 3 is 2.72 bits per heavy atom. The zero-order valence-electron chi connectivity index (χ0n) is 11.0. The lowest BCUT2D eigenvalue weighted by Gasteiger charge is -2.04. The van der Waals surface area contributed by atoms with Gasteiger partial charge in [-0.3, -0.25) is 4.68 Å². The highest BCUT2D eigenvalue weighted by Crippen LogP contribution is 2.28. The lowest BCUT2D eigenvalue weighted by Crippen LogP contribution is -1.99. The molecule has 2 rings (SSSR count). The van der Waals surface area contributed by atoms with E-state index in [9.17, 15) is 4.39 Å². The lowest BCUT2D eigenvalue weighted by molar-refractivity contribution is 0.618. The van der Waals surface area contributed by atoms with Crippen molar-refractivity contribution in [1.29, 1.82) is 0 Å². The number of anilines is 1. The van der Waals surface area contributed by atoms with Crippen LogP contribution in [0.2, 0.25) is 0 Å². The van der Waals surface area contributed by atoms with Gasteiger partial charge in [0, 0.05) is 18.2 Å². The van der Waals surface area contributed by atoms with Crippen molar-refractivity contribution < 1.29 is 4.39 Å². The number of aromatic nitrogens is 2. The van der Waals surface area contributed by atoms with Crippen molar-refractivity contribution >= 4 is 5.82 Å². The van der Waals surface area contributed by atoms with Gasteiger partial charge in [0.25, 0.3) is 0 Å². The van der Waals surface area contributed by atoms with Crippen LogP contribution in [0.3, 0.4) is 0 Å². The average Bonchev–Trinajstić information content (AvgIpc) is 2.61. The zero-order chi connectivity index (χ0) is 13.3. The van der Waals surface area contributed by atoms with Gasteiger partial charge in [-0.1, -0.05) is 13.3 Å². The zero-order valence-corrected chi connectivity index (χ0v) is 11.0. The maximum Gasteiger partial charge on any atom is 0.126 e. The summed E-state index contributed by atoms with van der Waals surface area (Å²) in [4.78, 5) is 0. The van der Waals surface area contributed by atoms with Gasteiger partial charge < -0.3 is 5.73 Å². The topological polar surface area (TPSA) is 43.8 Å². The quantitative estimate of drug-likeness (QED) is 0.905. The number of hydrogen-bond donors (Lipinski definition) is 1. The minimum atomic E-state index is -0.195. The third kappa shape index (κ3) is 2.10. The minimum absolute atomic E-state index is 0.195. The summed E-state index contributed by atoms with van der Waals surface area (Å²) >= 11 is 0. The Bertz CT molecular complexity index is 573. The Morgan fingerprint density at radius 2 is 2.11 bits per heavy atom. The van der Waals surface area contributed by atoms with Gasteiger partial charge in [0.15, 0.2) is 0 Å². The van der Waals surface area contributed by atoms with Gasteiger partial charge >= 0.3 is 0 Å². The predicted octanol–water partition coefficient (Wildman–Crippen LogP) is 3.07. The van der Waals surface area contributed by atoms with Crippen molar-refractivity contribution in [2.24, 2.45) is 7.05 Å². The SMILES string of the molecule is CCCc1c(-c2ccc(F)c(C)c2)nn(C)c1N. The molecule has 2 aromatic rings. The molecule has 0 aliphatic carbocycles. The largest absolute Gasteiger partial charge is 0.384 e. The van der Waals surface area contributed by atoms with E-state index in [-0.39, 0.29) is 5.82 Å². The fourth-order valence-corrected chi connectivity index (χ4v) is 2.10. The molecule has 0 unspecified atom stereocenters. The number of hydrogen-bond acceptors (Lipinski definition) is 2. The van der Waals surface area contributed by atoms with E-state index in [1.54, 1.807) is 17.7 Å². The standard InChI is InChI=1S/C14H18FN3/c1-4-5-11-13(17-18(3)14(11)16)10-6-7-12(15)9(2)8-10/h6-8H,4-5,16H2,1-3H3. The first-order valence-corrected chi connectivity index (χ1v) is 6.12. The Balaban J connectivity index is 2.55. The number of aryl methyl sites for hydroxylation is 2. The summed E-state index contributed by atoms with van der Waals surface area (Å²) in [5.41, 5.74) is 9.47. The van der Waals surface area contributed by atoms with E-state index in [1.807, 2.05) is 13.1 Å². The van der Waals surface area contributed by atoms with Gasteiger partial charge in [0.1, 0.15) is 11.6 Å². The van der Waals surface area contributed by atoms with Crippen molar-refractivity contribution in [1.82, 2.24) is 9.78 Å². The van der Waals surface area contributed by atoms with Crippen LogP contribution in [0.5, 0.6) is 0 Å². The van der Waals surface area contributed by atoms with Crippen LogP contribution in [0.4, 0.5) is 10.2 Å². The summed E-state index contributed by atoms with van der Waals surface area (Å²) in [5, 5.41) is 4.44. The van der Waals surface area contributed by atoms with Gasteiger partial charge in [-0.15, -0.1) is 0 Å². The monoisotopic (exact) mass is 247 g/mol. The number of benzene rings is 1. The van der Waals surface area contributed by atoms with Crippen molar-refractivity contribution in [3.8, 4) is 11.3 Å². The molecule has 0 amide bonds. The first-order valence-electron chi connectivity index (χ1n) is 6.12. The number of rotatable bonds is 3. The van der Waals surface area contributed by atoms with E-state index in [4.69, 9.17) is 5.73 Å². The summed E-state index contributed by atoms with van der Waals surface area (Å²) in [7, 11) is 1.83. The number of nitrogens with zero attached hydrogens (tertiary/aromatic N) is 2. The molecule has 0 saturated carbocycles. The fraction of sp³-hybridized carbons (Fsp3) is 0.357. The first kappa shape index (κ1) is 12.6. The molecular formula is C14H18FN3. The average molecular weight is 247 g/mol. The van der Waals surface area contributed by atoms with Gasteiger partial charge in [-0.05, 0) is 37.1 Å². The smallest absolute Gasteiger partial charge is 0.126 e. The third-order valence-corrected chi connectivity index (χ3v) is 3.13. The van der Waals surface area contributed by atoms with Crippen LogP contribution in [-0.2, 0) is 13.5 Å². The molecule has 1 heterocycles. The molecule has 1 aromatic carbocycles. The van der Waals surface area contributed by atoms with E-state index < -0.39 is 0 Å². The maximum atomic E-state index is 13.3. The molecule has 0 atom stereocenters. The van der Waals surface area contributed by atoms with Crippen LogP contribution in [0.1, 0.15) is 24.5 Å². The molecule has 2 N–H and O–H groups in total. The predicted molar refractivity (Wildman–Crippen MR) is 71.7 cm³/mol. The van der Waals surface area contributed by atoms with E-state index in [1.165, 1.54) is 6.07 Å². The van der Waals surface area contributed by atoms with E-state index in [0.717, 1.165) is 29.7 Å². The normalized spacial score (nSPS) is 10.9. The third-order valence-electron chi connectivity index (χ3n) is 3.13. The fourth-order valence-electron chi connectivity index (χ4n) is 2.10. The second-order valence-electron chi connectivity index (χ2n) is 4.55. The summed E-state index contributed by atoms with van der Waals surface area (Å²) in [6.07, 6.45) is 1.88. The molecular weight excluding hydrogens is 229 g/mol. The molecule has 0 aliphatic heterocycles. The Hall–Kier alpha value is -1.84. The lowest BCUT2D eigenvalue weighted by atomic mass is 10.0. The molecule has 0 saturated heterocycles. The summed E-state index contributed by atoms with van der Waals surface area (Å²) in [5.74, 6) is 0.494.